The Bertz CT molecular complexity index is 647. The van der Waals surface area contributed by atoms with Crippen LogP contribution in [-0.4, -0.2) is 11.5 Å². The van der Waals surface area contributed by atoms with E-state index in [0.29, 0.717) is 17.9 Å². The van der Waals surface area contributed by atoms with Gasteiger partial charge in [-0.15, -0.1) is 0 Å². The Kier molecular flexibility index (Phi) is 5.30. The van der Waals surface area contributed by atoms with Crippen molar-refractivity contribution in [3.05, 3.63) is 68.2 Å². The predicted octanol–water partition coefficient (Wildman–Crippen LogP) is 3.44. The lowest BCUT2D eigenvalue weighted by molar-refractivity contribution is -0.385. The summed E-state index contributed by atoms with van der Waals surface area (Å²) in [5, 5.41) is 10.9. The topological polar surface area (TPSA) is 78.4 Å². The second kappa shape index (κ2) is 7.19. The predicted molar refractivity (Wildman–Crippen MR) is 84.3 cm³/mol. The molecule has 0 saturated carbocycles. The van der Waals surface area contributed by atoms with Gasteiger partial charge in [0.25, 0.3) is 5.69 Å². The SMILES string of the molecule is NCCc1cc(OCc2ccccc2[N+](=O)[O-])ccc1Br. The summed E-state index contributed by atoms with van der Waals surface area (Å²) in [7, 11) is 0. The second-order valence-electron chi connectivity index (χ2n) is 4.47. The normalized spacial score (nSPS) is 10.4. The Labute approximate surface area is 131 Å². The average molecular weight is 351 g/mol. The van der Waals surface area contributed by atoms with Gasteiger partial charge < -0.3 is 10.5 Å². The monoisotopic (exact) mass is 350 g/mol. The van der Waals surface area contributed by atoms with Gasteiger partial charge >= 0.3 is 0 Å². The van der Waals surface area contributed by atoms with E-state index >= 15 is 0 Å². The van der Waals surface area contributed by atoms with Crippen molar-refractivity contribution in [2.75, 3.05) is 6.54 Å². The van der Waals surface area contributed by atoms with Crippen LogP contribution in [0.15, 0.2) is 46.9 Å². The maximum absolute atomic E-state index is 10.9. The molecule has 0 spiro atoms. The van der Waals surface area contributed by atoms with Crippen molar-refractivity contribution >= 4 is 21.6 Å². The second-order valence-corrected chi connectivity index (χ2v) is 5.32. The molecule has 5 nitrogen and oxygen atoms in total. The molecule has 2 N–H and O–H groups in total. The first kappa shape index (κ1) is 15.5. The molecule has 0 aliphatic heterocycles. The van der Waals surface area contributed by atoms with Gasteiger partial charge in [0.1, 0.15) is 12.4 Å². The van der Waals surface area contributed by atoms with Crippen LogP contribution >= 0.6 is 15.9 Å². The fraction of sp³-hybridized carbons (Fsp3) is 0.200. The Morgan fingerprint density at radius 2 is 1.95 bits per heavy atom. The molecule has 21 heavy (non-hydrogen) atoms. The molecule has 0 heterocycles. The number of benzene rings is 2. The fourth-order valence-corrected chi connectivity index (χ4v) is 2.40. The third-order valence-corrected chi connectivity index (χ3v) is 3.79. The lowest BCUT2D eigenvalue weighted by Crippen LogP contribution is -2.04. The van der Waals surface area contributed by atoms with E-state index in [1.165, 1.54) is 6.07 Å². The molecule has 0 radical (unpaired) electrons. The van der Waals surface area contributed by atoms with Crippen LogP contribution in [-0.2, 0) is 13.0 Å². The summed E-state index contributed by atoms with van der Waals surface area (Å²) in [6, 6.07) is 12.2. The Morgan fingerprint density at radius 3 is 2.67 bits per heavy atom. The third kappa shape index (κ3) is 4.03. The number of nitro groups is 1. The minimum atomic E-state index is -0.403. The maximum atomic E-state index is 10.9. The summed E-state index contributed by atoms with van der Waals surface area (Å²) >= 11 is 3.46. The zero-order chi connectivity index (χ0) is 15.2. The van der Waals surface area contributed by atoms with Crippen LogP contribution in [0, 0.1) is 10.1 Å². The zero-order valence-electron chi connectivity index (χ0n) is 11.3. The first-order chi connectivity index (χ1) is 10.1. The molecule has 0 saturated heterocycles. The van der Waals surface area contributed by atoms with Crippen molar-refractivity contribution < 1.29 is 9.66 Å². The maximum Gasteiger partial charge on any atom is 0.276 e. The van der Waals surface area contributed by atoms with Crippen LogP contribution in [0.25, 0.3) is 0 Å². The van der Waals surface area contributed by atoms with E-state index in [-0.39, 0.29) is 12.3 Å². The molecule has 0 amide bonds. The van der Waals surface area contributed by atoms with Gasteiger partial charge in [-0.25, -0.2) is 0 Å². The van der Waals surface area contributed by atoms with E-state index in [0.717, 1.165) is 16.5 Å². The highest BCUT2D eigenvalue weighted by Gasteiger charge is 2.12. The summed E-state index contributed by atoms with van der Waals surface area (Å²) in [6.07, 6.45) is 0.739. The van der Waals surface area contributed by atoms with Crippen LogP contribution in [0.5, 0.6) is 5.75 Å². The number of rotatable bonds is 6. The van der Waals surface area contributed by atoms with Gasteiger partial charge in [-0.3, -0.25) is 10.1 Å². The minimum Gasteiger partial charge on any atom is -0.489 e. The van der Waals surface area contributed by atoms with Crippen LogP contribution < -0.4 is 10.5 Å². The number of ether oxygens (including phenoxy) is 1. The van der Waals surface area contributed by atoms with Crippen LogP contribution in [0.4, 0.5) is 5.69 Å². The number of nitro benzene ring substituents is 1. The molecule has 2 aromatic carbocycles. The number of hydrogen-bond donors (Lipinski definition) is 1. The van der Waals surface area contributed by atoms with Gasteiger partial charge in [-0.2, -0.15) is 0 Å². The van der Waals surface area contributed by atoms with E-state index in [2.05, 4.69) is 15.9 Å². The Hall–Kier alpha value is -1.92. The smallest absolute Gasteiger partial charge is 0.276 e. The van der Waals surface area contributed by atoms with E-state index in [1.807, 2.05) is 18.2 Å². The van der Waals surface area contributed by atoms with E-state index < -0.39 is 4.92 Å². The Morgan fingerprint density at radius 1 is 1.19 bits per heavy atom. The lowest BCUT2D eigenvalue weighted by Gasteiger charge is -2.09. The zero-order valence-corrected chi connectivity index (χ0v) is 12.9. The van der Waals surface area contributed by atoms with Gasteiger partial charge in [0.15, 0.2) is 0 Å². The molecule has 0 fully saturated rings. The lowest BCUT2D eigenvalue weighted by atomic mass is 10.1. The summed E-state index contributed by atoms with van der Waals surface area (Å²) in [5.41, 5.74) is 7.23. The number of para-hydroxylation sites is 1. The third-order valence-electron chi connectivity index (χ3n) is 3.01. The molecule has 110 valence electrons. The van der Waals surface area contributed by atoms with Crippen molar-refractivity contribution in [2.24, 2.45) is 5.73 Å². The molecule has 0 atom stereocenters. The number of halogens is 1. The van der Waals surface area contributed by atoms with E-state index in [4.69, 9.17) is 10.5 Å². The van der Waals surface area contributed by atoms with Gasteiger partial charge in [0, 0.05) is 10.5 Å². The molecule has 0 aliphatic carbocycles. The Balaban J connectivity index is 2.13. The van der Waals surface area contributed by atoms with E-state index in [9.17, 15) is 10.1 Å². The molecular formula is C15H15BrN2O3. The van der Waals surface area contributed by atoms with Crippen LogP contribution in [0.1, 0.15) is 11.1 Å². The van der Waals surface area contributed by atoms with Crippen molar-refractivity contribution in [3.63, 3.8) is 0 Å². The summed E-state index contributed by atoms with van der Waals surface area (Å²) < 4.78 is 6.64. The van der Waals surface area contributed by atoms with Gasteiger partial charge in [-0.1, -0.05) is 28.1 Å². The quantitative estimate of drug-likeness (QED) is 0.639. The molecule has 0 unspecified atom stereocenters. The molecule has 0 aromatic heterocycles. The highest BCUT2D eigenvalue weighted by molar-refractivity contribution is 9.10. The first-order valence-electron chi connectivity index (χ1n) is 6.45. The van der Waals surface area contributed by atoms with E-state index in [1.54, 1.807) is 18.2 Å². The highest BCUT2D eigenvalue weighted by atomic mass is 79.9. The van der Waals surface area contributed by atoms with Crippen LogP contribution in [0.3, 0.4) is 0 Å². The first-order valence-corrected chi connectivity index (χ1v) is 7.24. The fourth-order valence-electron chi connectivity index (χ4n) is 1.96. The number of nitrogens with two attached hydrogens (primary N) is 1. The van der Waals surface area contributed by atoms with Crippen molar-refractivity contribution in [2.45, 2.75) is 13.0 Å². The van der Waals surface area contributed by atoms with Gasteiger partial charge in [0.2, 0.25) is 0 Å². The summed E-state index contributed by atoms with van der Waals surface area (Å²) in [5.74, 6) is 0.666. The molecule has 6 heteroatoms. The molecular weight excluding hydrogens is 336 g/mol. The molecule has 2 aromatic rings. The average Bonchev–Trinajstić information content (AvgIpc) is 2.48. The largest absolute Gasteiger partial charge is 0.489 e. The number of nitrogens with zero attached hydrogens (tertiary/aromatic N) is 1. The standard InChI is InChI=1S/C15H15BrN2O3/c16-14-6-5-13(9-11(14)7-8-17)21-10-12-3-1-2-4-15(12)18(19)20/h1-6,9H,7-8,10,17H2. The van der Waals surface area contributed by atoms with Crippen molar-refractivity contribution in [1.82, 2.24) is 0 Å². The van der Waals surface area contributed by atoms with Gasteiger partial charge in [-0.05, 0) is 42.8 Å². The summed E-state index contributed by atoms with van der Waals surface area (Å²) in [4.78, 5) is 10.5. The number of hydrogen-bond acceptors (Lipinski definition) is 4. The van der Waals surface area contributed by atoms with Gasteiger partial charge in [0.05, 0.1) is 10.5 Å². The van der Waals surface area contributed by atoms with Crippen molar-refractivity contribution in [1.29, 1.82) is 0 Å². The minimum absolute atomic E-state index is 0.0665. The molecule has 2 rings (SSSR count). The van der Waals surface area contributed by atoms with Crippen molar-refractivity contribution in [3.8, 4) is 5.75 Å². The summed E-state index contributed by atoms with van der Waals surface area (Å²) in [6.45, 7) is 0.701. The highest BCUT2D eigenvalue weighted by Crippen LogP contribution is 2.25. The molecule has 0 bridgehead atoms. The molecule has 0 aliphatic rings. The van der Waals surface area contributed by atoms with Crippen LogP contribution in [0.2, 0.25) is 0 Å².